The molecule has 2 aromatic heterocycles. The van der Waals surface area contributed by atoms with Crippen molar-refractivity contribution in [1.82, 2.24) is 25.2 Å². The third-order valence-corrected chi connectivity index (χ3v) is 5.64. The Morgan fingerprint density at radius 2 is 1.77 bits per heavy atom. The highest BCUT2D eigenvalue weighted by molar-refractivity contribution is 5.98. The van der Waals surface area contributed by atoms with Gasteiger partial charge in [-0.25, -0.2) is 9.97 Å². The summed E-state index contributed by atoms with van der Waals surface area (Å²) in [4.78, 5) is 10.6. The molecule has 8 heteroatoms. The monoisotopic (exact) mass is 415 g/mol. The minimum atomic E-state index is 0.197. The molecule has 1 fully saturated rings. The molecule has 1 unspecified atom stereocenters. The summed E-state index contributed by atoms with van der Waals surface area (Å²) < 4.78 is 5.92. The van der Waals surface area contributed by atoms with Gasteiger partial charge in [0.25, 0.3) is 0 Å². The summed E-state index contributed by atoms with van der Waals surface area (Å²) in [6, 6.07) is 17.6. The van der Waals surface area contributed by atoms with Crippen LogP contribution in [0.4, 0.5) is 5.82 Å². The largest absolute Gasteiger partial charge is 0.457 e. The zero-order valence-corrected chi connectivity index (χ0v) is 17.4. The number of rotatable bonds is 5. The Bertz CT molecular complexity index is 1170. The SMILES string of the molecule is CNC1CCCCN1n1nc(-c2ccc(Oc3ccccc3)cc2)c2c(N)ncnc21. The summed E-state index contributed by atoms with van der Waals surface area (Å²) in [5, 5.41) is 11.3. The number of para-hydroxylation sites is 1. The molecule has 5 rings (SSSR count). The molecule has 1 atom stereocenters. The maximum Gasteiger partial charge on any atom is 0.186 e. The number of benzene rings is 2. The Hall–Kier alpha value is -3.65. The average molecular weight is 416 g/mol. The summed E-state index contributed by atoms with van der Waals surface area (Å²) in [6.07, 6.45) is 5.05. The molecule has 31 heavy (non-hydrogen) atoms. The molecule has 2 aromatic carbocycles. The molecule has 0 saturated carbocycles. The summed E-state index contributed by atoms with van der Waals surface area (Å²) in [6.45, 7) is 0.898. The van der Waals surface area contributed by atoms with Gasteiger partial charge in [-0.05, 0) is 62.7 Å². The zero-order chi connectivity index (χ0) is 21.2. The number of anilines is 1. The van der Waals surface area contributed by atoms with Crippen molar-refractivity contribution >= 4 is 16.9 Å². The van der Waals surface area contributed by atoms with E-state index in [4.69, 9.17) is 15.6 Å². The van der Waals surface area contributed by atoms with E-state index < -0.39 is 0 Å². The van der Waals surface area contributed by atoms with Crippen molar-refractivity contribution in [2.24, 2.45) is 0 Å². The first-order chi connectivity index (χ1) is 15.2. The van der Waals surface area contributed by atoms with Crippen molar-refractivity contribution in [2.45, 2.75) is 25.4 Å². The number of nitrogens with one attached hydrogen (secondary N) is 1. The first kappa shape index (κ1) is 19.3. The van der Waals surface area contributed by atoms with E-state index in [0.717, 1.165) is 47.5 Å². The van der Waals surface area contributed by atoms with Gasteiger partial charge in [-0.1, -0.05) is 18.2 Å². The van der Waals surface area contributed by atoms with E-state index in [1.807, 2.05) is 66.4 Å². The molecule has 0 radical (unpaired) electrons. The van der Waals surface area contributed by atoms with Crippen molar-refractivity contribution in [3.8, 4) is 22.8 Å². The fourth-order valence-electron chi connectivity index (χ4n) is 4.08. The van der Waals surface area contributed by atoms with E-state index in [2.05, 4.69) is 20.3 Å². The van der Waals surface area contributed by atoms with Crippen LogP contribution in [-0.2, 0) is 0 Å². The van der Waals surface area contributed by atoms with Crippen LogP contribution in [0.5, 0.6) is 11.5 Å². The standard InChI is InChI=1S/C23H25N7O/c1-25-19-9-5-6-14-29(19)30-23-20(22(24)26-15-27-23)21(28-30)16-10-12-18(13-11-16)31-17-7-3-2-4-8-17/h2-4,7-8,10-13,15,19,25H,5-6,9,14H2,1H3,(H2,24,26,27). The number of nitrogen functional groups attached to an aromatic ring is 1. The third kappa shape index (κ3) is 3.66. The van der Waals surface area contributed by atoms with Crippen molar-refractivity contribution in [3.05, 3.63) is 60.9 Å². The molecule has 4 aromatic rings. The highest BCUT2D eigenvalue weighted by Crippen LogP contribution is 2.32. The molecule has 0 aliphatic carbocycles. The van der Waals surface area contributed by atoms with Crippen molar-refractivity contribution < 1.29 is 4.74 Å². The lowest BCUT2D eigenvalue weighted by Crippen LogP contribution is -2.53. The molecular formula is C23H25N7O. The summed E-state index contributed by atoms with van der Waals surface area (Å²) in [7, 11) is 1.98. The Morgan fingerprint density at radius 1 is 1.00 bits per heavy atom. The van der Waals surface area contributed by atoms with E-state index in [9.17, 15) is 0 Å². The summed E-state index contributed by atoms with van der Waals surface area (Å²) in [5.41, 5.74) is 8.69. The predicted molar refractivity (Wildman–Crippen MR) is 121 cm³/mol. The van der Waals surface area contributed by atoms with E-state index in [-0.39, 0.29) is 6.17 Å². The first-order valence-corrected chi connectivity index (χ1v) is 10.5. The quantitative estimate of drug-likeness (QED) is 0.515. The Balaban J connectivity index is 1.54. The van der Waals surface area contributed by atoms with Crippen LogP contribution in [0, 0.1) is 0 Å². The van der Waals surface area contributed by atoms with E-state index >= 15 is 0 Å². The predicted octanol–water partition coefficient (Wildman–Crippen LogP) is 3.54. The maximum atomic E-state index is 6.27. The molecule has 0 amide bonds. The number of piperidine rings is 1. The van der Waals surface area contributed by atoms with E-state index in [1.54, 1.807) is 0 Å². The van der Waals surface area contributed by atoms with Gasteiger partial charge in [0.05, 0.1) is 11.6 Å². The lowest BCUT2D eigenvalue weighted by Gasteiger charge is -2.36. The topological polar surface area (TPSA) is 94.1 Å². The second-order valence-electron chi connectivity index (χ2n) is 7.60. The number of ether oxygens (including phenoxy) is 1. The van der Waals surface area contributed by atoms with Gasteiger partial charge in [-0.2, -0.15) is 4.79 Å². The molecule has 3 heterocycles. The van der Waals surface area contributed by atoms with E-state index in [1.165, 1.54) is 12.7 Å². The van der Waals surface area contributed by atoms with Crippen LogP contribution >= 0.6 is 0 Å². The highest BCUT2D eigenvalue weighted by Gasteiger charge is 2.26. The fourth-order valence-corrected chi connectivity index (χ4v) is 4.08. The van der Waals surface area contributed by atoms with Crippen LogP contribution in [0.2, 0.25) is 0 Å². The molecule has 3 N–H and O–H groups in total. The van der Waals surface area contributed by atoms with Gasteiger partial charge in [0, 0.05) is 12.1 Å². The van der Waals surface area contributed by atoms with Gasteiger partial charge in [-0.3, -0.25) is 10.3 Å². The lowest BCUT2D eigenvalue weighted by molar-refractivity contribution is 0.335. The third-order valence-electron chi connectivity index (χ3n) is 5.64. The average Bonchev–Trinajstić information content (AvgIpc) is 3.21. The number of nitrogens with zero attached hydrogens (tertiary/aromatic N) is 5. The fraction of sp³-hybridized carbons (Fsp3) is 0.261. The van der Waals surface area contributed by atoms with E-state index in [0.29, 0.717) is 11.5 Å². The Kier molecular flexibility index (Phi) is 5.13. The minimum absolute atomic E-state index is 0.197. The highest BCUT2D eigenvalue weighted by atomic mass is 16.5. The Morgan fingerprint density at radius 3 is 2.55 bits per heavy atom. The van der Waals surface area contributed by atoms with Crippen molar-refractivity contribution in [2.75, 3.05) is 24.3 Å². The molecule has 8 nitrogen and oxygen atoms in total. The Labute approximate surface area is 180 Å². The van der Waals surface area contributed by atoms with Gasteiger partial charge < -0.3 is 10.5 Å². The van der Waals surface area contributed by atoms with Gasteiger partial charge in [-0.15, -0.1) is 5.10 Å². The van der Waals surface area contributed by atoms with Gasteiger partial charge in [0.1, 0.15) is 29.3 Å². The van der Waals surface area contributed by atoms with Crippen LogP contribution in [0.1, 0.15) is 19.3 Å². The second-order valence-corrected chi connectivity index (χ2v) is 7.60. The molecule has 1 aliphatic heterocycles. The minimum Gasteiger partial charge on any atom is -0.457 e. The van der Waals surface area contributed by atoms with Crippen LogP contribution in [0.25, 0.3) is 22.3 Å². The molecular weight excluding hydrogens is 390 g/mol. The lowest BCUT2D eigenvalue weighted by atomic mass is 10.1. The smallest absolute Gasteiger partial charge is 0.186 e. The number of nitrogens with two attached hydrogens (primary N) is 1. The van der Waals surface area contributed by atoms with Crippen LogP contribution < -0.4 is 20.8 Å². The number of hydrogen-bond acceptors (Lipinski definition) is 7. The molecule has 0 bridgehead atoms. The number of aromatic nitrogens is 4. The summed E-state index contributed by atoms with van der Waals surface area (Å²) in [5.74, 6) is 1.98. The number of fused-ring (bicyclic) bond motifs is 1. The van der Waals surface area contributed by atoms with Crippen LogP contribution in [0.15, 0.2) is 60.9 Å². The van der Waals surface area contributed by atoms with Gasteiger partial charge >= 0.3 is 0 Å². The first-order valence-electron chi connectivity index (χ1n) is 10.5. The van der Waals surface area contributed by atoms with Crippen LogP contribution in [0.3, 0.4) is 0 Å². The normalized spacial score (nSPS) is 16.5. The summed E-state index contributed by atoms with van der Waals surface area (Å²) >= 11 is 0. The van der Waals surface area contributed by atoms with Gasteiger partial charge in [0.2, 0.25) is 0 Å². The molecule has 158 valence electrons. The maximum absolute atomic E-state index is 6.27. The molecule has 1 saturated heterocycles. The molecule has 0 spiro atoms. The van der Waals surface area contributed by atoms with Crippen molar-refractivity contribution in [3.63, 3.8) is 0 Å². The van der Waals surface area contributed by atoms with Crippen LogP contribution in [-0.4, -0.2) is 39.6 Å². The molecule has 1 aliphatic rings. The zero-order valence-electron chi connectivity index (χ0n) is 17.4. The van der Waals surface area contributed by atoms with Crippen molar-refractivity contribution in [1.29, 1.82) is 0 Å². The van der Waals surface area contributed by atoms with Gasteiger partial charge in [0.15, 0.2) is 5.65 Å². The number of hydrogen-bond donors (Lipinski definition) is 2. The second kappa shape index (κ2) is 8.23.